The molecule has 106 valence electrons. The molecule has 1 rings (SSSR count). The summed E-state index contributed by atoms with van der Waals surface area (Å²) in [5.41, 5.74) is 4.73. The molecular formula is C14H22N2O3. The second-order valence-corrected chi connectivity index (χ2v) is 5.50. The third-order valence-corrected chi connectivity index (χ3v) is 3.96. The Bertz CT molecular complexity index is 379. The monoisotopic (exact) mass is 266 g/mol. The number of carbonyl (C=O) groups is 2. The quantitative estimate of drug-likeness (QED) is 0.640. The van der Waals surface area contributed by atoms with Crippen LogP contribution in [0.5, 0.6) is 0 Å². The van der Waals surface area contributed by atoms with E-state index in [9.17, 15) is 14.7 Å². The number of nitrogens with two attached hydrogens (primary N) is 1. The minimum Gasteiger partial charge on any atom is -0.481 e. The van der Waals surface area contributed by atoms with E-state index in [1.165, 1.54) is 0 Å². The van der Waals surface area contributed by atoms with E-state index < -0.39 is 17.4 Å². The van der Waals surface area contributed by atoms with Crippen molar-refractivity contribution in [1.29, 1.82) is 0 Å². The summed E-state index contributed by atoms with van der Waals surface area (Å²) in [7, 11) is 0. The molecule has 0 heterocycles. The Morgan fingerprint density at radius 2 is 2.11 bits per heavy atom. The van der Waals surface area contributed by atoms with Crippen molar-refractivity contribution in [3.8, 4) is 12.3 Å². The second-order valence-electron chi connectivity index (χ2n) is 5.50. The van der Waals surface area contributed by atoms with E-state index in [4.69, 9.17) is 12.2 Å². The molecule has 1 aliphatic carbocycles. The summed E-state index contributed by atoms with van der Waals surface area (Å²) in [5, 5.41) is 12.0. The molecule has 0 bridgehead atoms. The van der Waals surface area contributed by atoms with Crippen molar-refractivity contribution in [2.45, 2.75) is 45.1 Å². The lowest BCUT2D eigenvalue weighted by molar-refractivity contribution is -0.151. The van der Waals surface area contributed by atoms with Crippen LogP contribution in [0, 0.1) is 23.7 Å². The molecule has 0 aliphatic heterocycles. The van der Waals surface area contributed by atoms with Gasteiger partial charge in [-0.25, -0.2) is 0 Å². The number of aliphatic carboxylic acids is 1. The molecule has 1 fully saturated rings. The van der Waals surface area contributed by atoms with Gasteiger partial charge in [0.05, 0.1) is 11.5 Å². The van der Waals surface area contributed by atoms with Crippen LogP contribution in [-0.4, -0.2) is 29.6 Å². The van der Waals surface area contributed by atoms with E-state index in [1.807, 2.05) is 0 Å². The van der Waals surface area contributed by atoms with Gasteiger partial charge in [0.25, 0.3) is 0 Å². The van der Waals surface area contributed by atoms with Gasteiger partial charge in [-0.05, 0) is 31.6 Å². The van der Waals surface area contributed by atoms with Crippen molar-refractivity contribution < 1.29 is 14.7 Å². The van der Waals surface area contributed by atoms with Crippen LogP contribution in [0.15, 0.2) is 0 Å². The Balaban J connectivity index is 2.59. The normalized spacial score (nSPS) is 28.2. The fourth-order valence-electron chi connectivity index (χ4n) is 2.39. The molecule has 0 spiro atoms. The summed E-state index contributed by atoms with van der Waals surface area (Å²) >= 11 is 0. The first-order valence-corrected chi connectivity index (χ1v) is 6.61. The number of carboxylic acids is 1. The minimum absolute atomic E-state index is 0.131. The molecule has 1 aliphatic rings. The highest BCUT2D eigenvalue weighted by atomic mass is 16.4. The van der Waals surface area contributed by atoms with Crippen LogP contribution >= 0.6 is 0 Å². The lowest BCUT2D eigenvalue weighted by Crippen LogP contribution is -2.49. The maximum atomic E-state index is 11.7. The van der Waals surface area contributed by atoms with Gasteiger partial charge < -0.3 is 16.2 Å². The van der Waals surface area contributed by atoms with Gasteiger partial charge in [0.2, 0.25) is 5.91 Å². The van der Waals surface area contributed by atoms with Gasteiger partial charge in [-0.2, -0.15) is 0 Å². The first-order chi connectivity index (χ1) is 8.91. The molecule has 0 aromatic rings. The summed E-state index contributed by atoms with van der Waals surface area (Å²) < 4.78 is 0. The van der Waals surface area contributed by atoms with Gasteiger partial charge in [0.15, 0.2) is 0 Å². The zero-order valence-electron chi connectivity index (χ0n) is 11.3. The number of amides is 1. The summed E-state index contributed by atoms with van der Waals surface area (Å²) in [4.78, 5) is 23.2. The van der Waals surface area contributed by atoms with E-state index in [-0.39, 0.29) is 18.9 Å². The predicted octanol–water partition coefficient (Wildman–Crippen LogP) is 0.734. The minimum atomic E-state index is -0.849. The number of nitrogens with one attached hydrogen (secondary N) is 1. The van der Waals surface area contributed by atoms with Gasteiger partial charge in [-0.3, -0.25) is 9.59 Å². The van der Waals surface area contributed by atoms with Gasteiger partial charge >= 0.3 is 5.97 Å². The van der Waals surface area contributed by atoms with Crippen LogP contribution in [-0.2, 0) is 9.59 Å². The molecule has 1 amide bonds. The molecule has 4 N–H and O–H groups in total. The van der Waals surface area contributed by atoms with Crippen LogP contribution in [0.1, 0.15) is 39.0 Å². The molecule has 5 nitrogen and oxygen atoms in total. The molecular weight excluding hydrogens is 244 g/mol. The van der Waals surface area contributed by atoms with Crippen LogP contribution < -0.4 is 11.1 Å². The number of carboxylic acid groups (broad SMARTS) is 1. The Hall–Kier alpha value is -1.54. The van der Waals surface area contributed by atoms with Crippen molar-refractivity contribution in [3.63, 3.8) is 0 Å². The molecule has 0 aromatic heterocycles. The number of terminal acetylenes is 1. The number of carbonyl (C=O) groups excluding carboxylic acids is 1. The zero-order valence-corrected chi connectivity index (χ0v) is 11.3. The van der Waals surface area contributed by atoms with E-state index in [2.05, 4.69) is 18.2 Å². The summed E-state index contributed by atoms with van der Waals surface area (Å²) in [6, 6.07) is -0.765. The number of rotatable bonds is 5. The van der Waals surface area contributed by atoms with E-state index in [0.717, 1.165) is 12.8 Å². The van der Waals surface area contributed by atoms with Crippen molar-refractivity contribution in [2.24, 2.45) is 17.1 Å². The molecule has 0 radical (unpaired) electrons. The fourth-order valence-corrected chi connectivity index (χ4v) is 2.39. The Labute approximate surface area is 113 Å². The lowest BCUT2D eigenvalue weighted by atomic mass is 9.71. The van der Waals surface area contributed by atoms with Gasteiger partial charge in [0.1, 0.15) is 0 Å². The molecule has 19 heavy (non-hydrogen) atoms. The van der Waals surface area contributed by atoms with E-state index in [1.54, 1.807) is 0 Å². The molecule has 1 atom stereocenters. The van der Waals surface area contributed by atoms with Crippen molar-refractivity contribution in [2.75, 3.05) is 6.54 Å². The maximum Gasteiger partial charge on any atom is 0.311 e. The standard InChI is InChI=1S/C14H22N2O3/c1-3-4-11(15)12(17)16-9-14(13(18)19)7-5-10(2)6-8-14/h1,10-11H,4-9,15H2,2H3,(H,16,17)(H,18,19). The van der Waals surface area contributed by atoms with Crippen molar-refractivity contribution >= 4 is 11.9 Å². The number of hydrogen-bond acceptors (Lipinski definition) is 3. The maximum absolute atomic E-state index is 11.7. The van der Waals surface area contributed by atoms with Crippen LogP contribution in [0.3, 0.4) is 0 Å². The Morgan fingerprint density at radius 1 is 1.53 bits per heavy atom. The average molecular weight is 266 g/mol. The third kappa shape index (κ3) is 3.97. The Kier molecular flexibility index (Phi) is 5.37. The van der Waals surface area contributed by atoms with E-state index in [0.29, 0.717) is 18.8 Å². The highest BCUT2D eigenvalue weighted by Crippen LogP contribution is 2.38. The fraction of sp³-hybridized carbons (Fsp3) is 0.714. The van der Waals surface area contributed by atoms with Gasteiger partial charge in [0, 0.05) is 13.0 Å². The average Bonchev–Trinajstić information content (AvgIpc) is 2.38. The predicted molar refractivity (Wildman–Crippen MR) is 72.1 cm³/mol. The molecule has 5 heteroatoms. The van der Waals surface area contributed by atoms with Crippen molar-refractivity contribution in [3.05, 3.63) is 0 Å². The summed E-state index contributed by atoms with van der Waals surface area (Å²) in [6.45, 7) is 2.25. The van der Waals surface area contributed by atoms with Crippen LogP contribution in [0.2, 0.25) is 0 Å². The summed E-state index contributed by atoms with van der Waals surface area (Å²) in [6.07, 6.45) is 8.18. The van der Waals surface area contributed by atoms with Gasteiger partial charge in [-0.15, -0.1) is 12.3 Å². The first-order valence-electron chi connectivity index (χ1n) is 6.61. The van der Waals surface area contributed by atoms with Gasteiger partial charge in [-0.1, -0.05) is 6.92 Å². The molecule has 0 aromatic carbocycles. The molecule has 1 unspecified atom stereocenters. The second kappa shape index (κ2) is 6.58. The van der Waals surface area contributed by atoms with E-state index >= 15 is 0 Å². The topological polar surface area (TPSA) is 92.4 Å². The third-order valence-electron chi connectivity index (χ3n) is 3.96. The van der Waals surface area contributed by atoms with Crippen LogP contribution in [0.25, 0.3) is 0 Å². The highest BCUT2D eigenvalue weighted by Gasteiger charge is 2.41. The first kappa shape index (κ1) is 15.5. The highest BCUT2D eigenvalue weighted by molar-refractivity contribution is 5.83. The molecule has 0 saturated heterocycles. The molecule has 1 saturated carbocycles. The van der Waals surface area contributed by atoms with Crippen LogP contribution in [0.4, 0.5) is 0 Å². The smallest absolute Gasteiger partial charge is 0.311 e. The largest absolute Gasteiger partial charge is 0.481 e. The SMILES string of the molecule is C#CCC(N)C(=O)NCC1(C(=O)O)CCC(C)CC1. The number of hydrogen-bond donors (Lipinski definition) is 3. The summed E-state index contributed by atoms with van der Waals surface area (Å²) in [5.74, 6) is 1.65. The zero-order chi connectivity index (χ0) is 14.5. The Morgan fingerprint density at radius 3 is 2.58 bits per heavy atom. The lowest BCUT2D eigenvalue weighted by Gasteiger charge is -2.36. The van der Waals surface area contributed by atoms with Crippen molar-refractivity contribution in [1.82, 2.24) is 5.32 Å².